The summed E-state index contributed by atoms with van der Waals surface area (Å²) < 4.78 is 11.8. The van der Waals surface area contributed by atoms with E-state index in [9.17, 15) is 9.59 Å². The van der Waals surface area contributed by atoms with Gasteiger partial charge in [0, 0.05) is 55.2 Å². The van der Waals surface area contributed by atoms with Gasteiger partial charge >= 0.3 is 0 Å². The van der Waals surface area contributed by atoms with Gasteiger partial charge in [0.25, 0.3) is 0 Å². The summed E-state index contributed by atoms with van der Waals surface area (Å²) in [5.41, 5.74) is 4.90. The molecule has 8 nitrogen and oxygen atoms in total. The number of hydrogen-bond acceptors (Lipinski definition) is 6. The first kappa shape index (κ1) is 35.1. The maximum Gasteiger partial charge on any atom is 0.237 e. The van der Waals surface area contributed by atoms with Crippen LogP contribution >= 0.6 is 11.6 Å². The molecule has 1 aliphatic carbocycles. The number of nitrogens with zero attached hydrogens (tertiary/aromatic N) is 4. The number of fused-ring (bicyclic) bond motifs is 1. The van der Waals surface area contributed by atoms with Crippen LogP contribution in [-0.4, -0.2) is 80.1 Å². The van der Waals surface area contributed by atoms with Crippen LogP contribution < -0.4 is 19.3 Å². The molecule has 49 heavy (non-hydrogen) atoms. The summed E-state index contributed by atoms with van der Waals surface area (Å²) in [5.74, 6) is 2.20. The number of amides is 2. The number of anilines is 2. The Bertz CT molecular complexity index is 1620. The Kier molecular flexibility index (Phi) is 10.8. The van der Waals surface area contributed by atoms with E-state index in [1.165, 1.54) is 12.8 Å². The molecule has 0 radical (unpaired) electrons. The Hall–Kier alpha value is -3.75. The molecule has 3 aromatic rings. The zero-order valence-electron chi connectivity index (χ0n) is 29.8. The number of halogens is 1. The molecule has 1 saturated carbocycles. The fraction of sp³-hybridized carbons (Fsp3) is 0.500. The lowest BCUT2D eigenvalue weighted by molar-refractivity contribution is -0.139. The third-order valence-corrected chi connectivity index (χ3v) is 10.7. The highest BCUT2D eigenvalue weighted by molar-refractivity contribution is 6.30. The molecule has 2 amide bonds. The fourth-order valence-corrected chi connectivity index (χ4v) is 8.07. The third-order valence-electron chi connectivity index (χ3n) is 10.5. The molecule has 0 bridgehead atoms. The Morgan fingerprint density at radius 3 is 2.18 bits per heavy atom. The fourth-order valence-electron chi connectivity index (χ4n) is 7.94. The second kappa shape index (κ2) is 15.0. The van der Waals surface area contributed by atoms with Gasteiger partial charge in [-0.05, 0) is 125 Å². The van der Waals surface area contributed by atoms with Gasteiger partial charge < -0.3 is 24.2 Å². The maximum atomic E-state index is 13.9. The van der Waals surface area contributed by atoms with E-state index in [4.69, 9.17) is 21.1 Å². The lowest BCUT2D eigenvalue weighted by atomic mass is 9.84. The van der Waals surface area contributed by atoms with Crippen LogP contribution in [0.5, 0.6) is 11.5 Å². The first-order valence-electron chi connectivity index (χ1n) is 17.8. The first-order chi connectivity index (χ1) is 23.5. The van der Waals surface area contributed by atoms with Gasteiger partial charge in [-0.3, -0.25) is 14.5 Å². The molecule has 2 aliphatic heterocycles. The van der Waals surface area contributed by atoms with Crippen LogP contribution in [0.4, 0.5) is 11.4 Å². The van der Waals surface area contributed by atoms with Crippen molar-refractivity contribution < 1.29 is 19.1 Å². The Morgan fingerprint density at radius 2 is 1.57 bits per heavy atom. The maximum absolute atomic E-state index is 13.9. The summed E-state index contributed by atoms with van der Waals surface area (Å²) in [4.78, 5) is 35.3. The van der Waals surface area contributed by atoms with Crippen molar-refractivity contribution in [3.05, 3.63) is 82.4 Å². The van der Waals surface area contributed by atoms with Gasteiger partial charge in [0.15, 0.2) is 11.5 Å². The van der Waals surface area contributed by atoms with Gasteiger partial charge in [-0.15, -0.1) is 0 Å². The molecule has 2 fully saturated rings. The topological polar surface area (TPSA) is 65.6 Å². The molecule has 0 aromatic heterocycles. The number of piperazine rings is 1. The van der Waals surface area contributed by atoms with Crippen molar-refractivity contribution in [2.24, 2.45) is 5.92 Å². The summed E-state index contributed by atoms with van der Waals surface area (Å²) in [6, 6.07) is 20.6. The molecule has 1 atom stereocenters. The van der Waals surface area contributed by atoms with E-state index in [1.54, 1.807) is 7.11 Å². The molecule has 0 spiro atoms. The number of benzene rings is 3. The van der Waals surface area contributed by atoms with Crippen LogP contribution in [0.3, 0.4) is 0 Å². The Balaban J connectivity index is 1.16. The van der Waals surface area contributed by atoms with Crippen molar-refractivity contribution >= 4 is 34.8 Å². The number of carbonyl (C=O) groups is 2. The normalized spacial score (nSPS) is 21.7. The predicted molar refractivity (Wildman–Crippen MR) is 197 cm³/mol. The third kappa shape index (κ3) is 7.71. The SMILES string of the molecule is COc1cc2c(cc1OC(C)C)[C@H](c1ccc(Cl)cc1)N(c1ccc(N(C)CC3CCC(N4CCN(C(C)C)C(=O)C4)CC3)cc1)C(=O)C2. The first-order valence-corrected chi connectivity index (χ1v) is 18.2. The van der Waals surface area contributed by atoms with E-state index < -0.39 is 0 Å². The van der Waals surface area contributed by atoms with E-state index in [-0.39, 0.29) is 36.4 Å². The molecular weight excluding hydrogens is 636 g/mol. The van der Waals surface area contributed by atoms with Crippen LogP contribution in [0.2, 0.25) is 5.02 Å². The zero-order chi connectivity index (χ0) is 34.8. The van der Waals surface area contributed by atoms with E-state index in [0.29, 0.717) is 35.0 Å². The van der Waals surface area contributed by atoms with Crippen molar-refractivity contribution in [3.8, 4) is 11.5 Å². The number of rotatable bonds is 10. The highest BCUT2D eigenvalue weighted by Crippen LogP contribution is 2.44. The molecular formula is C40H51ClN4O4. The van der Waals surface area contributed by atoms with Crippen LogP contribution in [0.15, 0.2) is 60.7 Å². The molecule has 9 heteroatoms. The lowest BCUT2D eigenvalue weighted by Crippen LogP contribution is -2.55. The average Bonchev–Trinajstić information content (AvgIpc) is 3.08. The van der Waals surface area contributed by atoms with Crippen LogP contribution in [0, 0.1) is 5.92 Å². The standard InChI is InChI=1S/C40H51ClN4O4/c1-26(2)44-20-19-43(25-39(44)47)33-13-7-28(8-14-33)24-42(5)32-15-17-34(18-16-32)45-38(46)22-30-21-36(48-6)37(49-27(3)4)23-35(30)40(45)29-9-11-31(41)12-10-29/h9-12,15-18,21,23,26-28,33,40H,7-8,13-14,19-20,22,24-25H2,1-6H3/t28?,33?,40-/m0/s1. The highest BCUT2D eigenvalue weighted by atomic mass is 35.5. The minimum Gasteiger partial charge on any atom is -0.493 e. The molecule has 3 aromatic carbocycles. The lowest BCUT2D eigenvalue weighted by Gasteiger charge is -2.43. The number of ether oxygens (including phenoxy) is 2. The molecule has 0 unspecified atom stereocenters. The summed E-state index contributed by atoms with van der Waals surface area (Å²) in [6.45, 7) is 11.6. The van der Waals surface area contributed by atoms with Crippen molar-refractivity contribution in [2.45, 2.75) is 84.0 Å². The minimum absolute atomic E-state index is 0.0252. The quantitative estimate of drug-likeness (QED) is 0.222. The second-order valence-electron chi connectivity index (χ2n) is 14.5. The van der Waals surface area contributed by atoms with E-state index in [2.05, 4.69) is 55.0 Å². The van der Waals surface area contributed by atoms with Gasteiger partial charge in [-0.25, -0.2) is 0 Å². The predicted octanol–water partition coefficient (Wildman–Crippen LogP) is 7.36. The number of carbonyl (C=O) groups excluding carboxylic acids is 2. The van der Waals surface area contributed by atoms with Crippen molar-refractivity contribution in [3.63, 3.8) is 0 Å². The number of hydrogen-bond donors (Lipinski definition) is 0. The molecule has 6 rings (SSSR count). The monoisotopic (exact) mass is 686 g/mol. The second-order valence-corrected chi connectivity index (χ2v) is 14.9. The number of methoxy groups -OCH3 is 1. The Labute approximate surface area is 296 Å². The highest BCUT2D eigenvalue weighted by Gasteiger charge is 2.37. The van der Waals surface area contributed by atoms with Gasteiger partial charge in [0.05, 0.1) is 32.2 Å². The molecule has 262 valence electrons. The van der Waals surface area contributed by atoms with Crippen LogP contribution in [-0.2, 0) is 16.0 Å². The summed E-state index contributed by atoms with van der Waals surface area (Å²) in [7, 11) is 3.79. The summed E-state index contributed by atoms with van der Waals surface area (Å²) in [6.07, 6.45) is 4.87. The van der Waals surface area contributed by atoms with Crippen LogP contribution in [0.1, 0.15) is 76.1 Å². The molecule has 2 heterocycles. The van der Waals surface area contributed by atoms with Crippen molar-refractivity contribution in [2.75, 3.05) is 50.1 Å². The molecule has 3 aliphatic rings. The van der Waals surface area contributed by atoms with Gasteiger partial charge in [-0.2, -0.15) is 0 Å². The summed E-state index contributed by atoms with van der Waals surface area (Å²) in [5, 5.41) is 0.650. The van der Waals surface area contributed by atoms with Gasteiger partial charge in [-0.1, -0.05) is 23.7 Å². The van der Waals surface area contributed by atoms with E-state index in [0.717, 1.165) is 60.5 Å². The zero-order valence-corrected chi connectivity index (χ0v) is 30.6. The van der Waals surface area contributed by atoms with Gasteiger partial charge in [0.1, 0.15) is 0 Å². The molecule has 1 saturated heterocycles. The van der Waals surface area contributed by atoms with E-state index in [1.807, 2.05) is 60.0 Å². The molecule has 0 N–H and O–H groups in total. The minimum atomic E-state index is -0.351. The van der Waals surface area contributed by atoms with Gasteiger partial charge in [0.2, 0.25) is 11.8 Å². The van der Waals surface area contributed by atoms with Crippen LogP contribution in [0.25, 0.3) is 0 Å². The summed E-state index contributed by atoms with van der Waals surface area (Å²) >= 11 is 6.30. The largest absolute Gasteiger partial charge is 0.493 e. The van der Waals surface area contributed by atoms with Crippen molar-refractivity contribution in [1.29, 1.82) is 0 Å². The van der Waals surface area contributed by atoms with E-state index >= 15 is 0 Å². The Morgan fingerprint density at radius 1 is 0.878 bits per heavy atom. The smallest absolute Gasteiger partial charge is 0.237 e. The van der Waals surface area contributed by atoms with Crippen molar-refractivity contribution in [1.82, 2.24) is 9.80 Å². The average molecular weight is 687 g/mol.